The summed E-state index contributed by atoms with van der Waals surface area (Å²) in [5.41, 5.74) is 9.09. The monoisotopic (exact) mass is 494 g/mol. The number of nitrogens with two attached hydrogens (primary N) is 1. The number of benzene rings is 2. The van der Waals surface area contributed by atoms with Crippen molar-refractivity contribution in [1.82, 2.24) is 19.7 Å². The van der Waals surface area contributed by atoms with E-state index in [1.54, 1.807) is 23.4 Å². The minimum Gasteiger partial charge on any atom is -0.497 e. The van der Waals surface area contributed by atoms with Gasteiger partial charge in [0.2, 0.25) is 11.9 Å². The van der Waals surface area contributed by atoms with Crippen LogP contribution in [0.15, 0.2) is 65.1 Å². The van der Waals surface area contributed by atoms with E-state index in [1.807, 2.05) is 54.8 Å². The molecule has 0 aliphatic rings. The number of hydrogen-bond acceptors (Lipinski definition) is 8. The van der Waals surface area contributed by atoms with Gasteiger partial charge in [-0.05, 0) is 42.7 Å². The van der Waals surface area contributed by atoms with Gasteiger partial charge in [-0.25, -0.2) is 4.98 Å². The number of ether oxygens (including phenoxy) is 1. The Hall–Kier alpha value is -3.37. The lowest BCUT2D eigenvalue weighted by atomic mass is 10.2. The number of nitrogen functional groups attached to an aromatic ring is 1. The molecule has 0 spiro atoms. The first-order chi connectivity index (χ1) is 16.6. The average molecular weight is 495 g/mol. The highest BCUT2D eigenvalue weighted by molar-refractivity contribution is 7.99. The van der Waals surface area contributed by atoms with Gasteiger partial charge in [-0.2, -0.15) is 0 Å². The minimum atomic E-state index is -0.539. The highest BCUT2D eigenvalue weighted by atomic mass is 32.2. The van der Waals surface area contributed by atoms with E-state index in [9.17, 15) is 4.79 Å². The zero-order chi connectivity index (χ0) is 23.9. The van der Waals surface area contributed by atoms with Crippen molar-refractivity contribution in [3.05, 3.63) is 65.5 Å². The Morgan fingerprint density at radius 3 is 2.65 bits per heavy atom. The van der Waals surface area contributed by atoms with Crippen molar-refractivity contribution >= 4 is 40.1 Å². The third-order valence-electron chi connectivity index (χ3n) is 5.28. The number of aryl methyl sites for hydroxylation is 1. The lowest BCUT2D eigenvalue weighted by molar-refractivity contribution is -0.119. The van der Waals surface area contributed by atoms with E-state index in [0.29, 0.717) is 16.7 Å². The summed E-state index contributed by atoms with van der Waals surface area (Å²) in [6, 6.07) is 17.3. The van der Waals surface area contributed by atoms with Gasteiger partial charge in [-0.3, -0.25) is 9.36 Å². The second-order valence-electron chi connectivity index (χ2n) is 7.47. The van der Waals surface area contributed by atoms with Crippen molar-refractivity contribution in [2.75, 3.05) is 23.9 Å². The van der Waals surface area contributed by atoms with Gasteiger partial charge in [-0.15, -0.1) is 21.5 Å². The molecule has 1 atom stereocenters. The maximum absolute atomic E-state index is 13.2. The third-order valence-corrected chi connectivity index (χ3v) is 6.98. The minimum absolute atomic E-state index is 0.199. The molecule has 2 aromatic carbocycles. The number of methoxy groups -OCH3 is 1. The van der Waals surface area contributed by atoms with Gasteiger partial charge < -0.3 is 15.8 Å². The van der Waals surface area contributed by atoms with E-state index in [0.717, 1.165) is 29.2 Å². The largest absolute Gasteiger partial charge is 0.497 e. The Kier molecular flexibility index (Phi) is 7.81. The smallest absolute Gasteiger partial charge is 0.249 e. The van der Waals surface area contributed by atoms with E-state index in [-0.39, 0.29) is 11.9 Å². The quantitative estimate of drug-likeness (QED) is 0.301. The zero-order valence-electron chi connectivity index (χ0n) is 19.0. The molecule has 4 rings (SSSR count). The van der Waals surface area contributed by atoms with Crippen molar-refractivity contribution in [2.24, 2.45) is 0 Å². The topological polar surface area (TPSA) is 108 Å². The molecule has 4 aromatic rings. The molecule has 176 valence electrons. The lowest BCUT2D eigenvalue weighted by Crippen LogP contribution is -2.27. The fourth-order valence-corrected chi connectivity index (χ4v) is 5.19. The fraction of sp³-hybridized carbons (Fsp3) is 0.250. The second-order valence-corrected chi connectivity index (χ2v) is 9.39. The molecule has 10 heteroatoms. The summed E-state index contributed by atoms with van der Waals surface area (Å²) in [4.78, 5) is 17.7. The van der Waals surface area contributed by atoms with Crippen molar-refractivity contribution < 1.29 is 9.53 Å². The van der Waals surface area contributed by atoms with Gasteiger partial charge in [0.1, 0.15) is 11.8 Å². The van der Waals surface area contributed by atoms with Crippen LogP contribution in [-0.4, -0.2) is 38.5 Å². The van der Waals surface area contributed by atoms with E-state index < -0.39 is 6.04 Å². The molecule has 2 aromatic heterocycles. The number of rotatable bonds is 10. The molecule has 3 N–H and O–H groups in total. The molecule has 0 fully saturated rings. The van der Waals surface area contributed by atoms with Crippen molar-refractivity contribution in [3.8, 4) is 17.0 Å². The summed E-state index contributed by atoms with van der Waals surface area (Å²) >= 11 is 2.92. The Labute approximate surface area is 206 Å². The number of hydrogen-bond donors (Lipinski definition) is 2. The number of carbonyl (C=O) groups excluding carboxylic acids is 1. The Morgan fingerprint density at radius 1 is 1.18 bits per heavy atom. The van der Waals surface area contributed by atoms with Crippen LogP contribution in [0.3, 0.4) is 0 Å². The maximum Gasteiger partial charge on any atom is 0.249 e. The normalized spacial score (nSPS) is 11.8. The Morgan fingerprint density at radius 2 is 1.94 bits per heavy atom. The number of carbonyl (C=O) groups is 1. The summed E-state index contributed by atoms with van der Waals surface area (Å²) < 4.78 is 6.92. The van der Waals surface area contributed by atoms with Gasteiger partial charge in [0.25, 0.3) is 0 Å². The molecule has 0 saturated carbocycles. The predicted octanol–water partition coefficient (Wildman–Crippen LogP) is 4.92. The number of amides is 1. The van der Waals surface area contributed by atoms with Crippen molar-refractivity contribution in [1.29, 1.82) is 0 Å². The Balaban J connectivity index is 1.43. The third kappa shape index (κ3) is 5.57. The van der Waals surface area contributed by atoms with Crippen LogP contribution in [-0.2, 0) is 11.2 Å². The molecule has 0 radical (unpaired) electrons. The standard InChI is InChI=1S/C24H26N6O2S2/c1-3-20(30-22(25)28-29-24(30)33-14-13-16-7-5-4-6-8-16)21(31)27-23-26-19(15-34-23)17-9-11-18(32-2)12-10-17/h4-12,15,20H,3,13-14H2,1-2H3,(H2,25,28)(H,26,27,31). The number of anilines is 2. The maximum atomic E-state index is 13.2. The van der Waals surface area contributed by atoms with Crippen molar-refractivity contribution in [2.45, 2.75) is 31.0 Å². The Bertz CT molecular complexity index is 1220. The van der Waals surface area contributed by atoms with E-state index in [1.165, 1.54) is 16.9 Å². The van der Waals surface area contributed by atoms with Crippen LogP contribution in [0, 0.1) is 0 Å². The first kappa shape index (κ1) is 23.8. The summed E-state index contributed by atoms with van der Waals surface area (Å²) in [6.45, 7) is 1.94. The van der Waals surface area contributed by atoms with Crippen LogP contribution < -0.4 is 15.8 Å². The van der Waals surface area contributed by atoms with E-state index in [4.69, 9.17) is 10.5 Å². The van der Waals surface area contributed by atoms with Crippen LogP contribution in [0.1, 0.15) is 24.9 Å². The van der Waals surface area contributed by atoms with Crippen LogP contribution >= 0.6 is 23.1 Å². The van der Waals surface area contributed by atoms with Crippen LogP contribution in [0.25, 0.3) is 11.3 Å². The number of thiazole rings is 1. The molecule has 0 saturated heterocycles. The van der Waals surface area contributed by atoms with Gasteiger partial charge in [0, 0.05) is 16.7 Å². The number of aromatic nitrogens is 4. The highest BCUT2D eigenvalue weighted by Crippen LogP contribution is 2.29. The predicted molar refractivity (Wildman–Crippen MR) is 137 cm³/mol. The van der Waals surface area contributed by atoms with Crippen LogP contribution in [0.5, 0.6) is 5.75 Å². The van der Waals surface area contributed by atoms with Crippen molar-refractivity contribution in [3.63, 3.8) is 0 Å². The van der Waals surface area contributed by atoms with Gasteiger partial charge in [0.05, 0.1) is 12.8 Å². The molecule has 0 aliphatic heterocycles. The van der Waals surface area contributed by atoms with Crippen LogP contribution in [0.2, 0.25) is 0 Å². The highest BCUT2D eigenvalue weighted by Gasteiger charge is 2.25. The average Bonchev–Trinajstić information content (AvgIpc) is 3.47. The summed E-state index contributed by atoms with van der Waals surface area (Å²) in [7, 11) is 1.63. The summed E-state index contributed by atoms with van der Waals surface area (Å²) in [6.07, 6.45) is 1.42. The molecular formula is C24H26N6O2S2. The van der Waals surface area contributed by atoms with Gasteiger partial charge in [0.15, 0.2) is 10.3 Å². The molecule has 34 heavy (non-hydrogen) atoms. The summed E-state index contributed by atoms with van der Waals surface area (Å²) in [5.74, 6) is 1.61. The molecule has 1 unspecified atom stereocenters. The first-order valence-electron chi connectivity index (χ1n) is 10.9. The molecule has 8 nitrogen and oxygen atoms in total. The molecule has 1 amide bonds. The SMILES string of the molecule is CCC(C(=O)Nc1nc(-c2ccc(OC)cc2)cs1)n1c(N)nnc1SCCc1ccccc1. The molecular weight excluding hydrogens is 468 g/mol. The summed E-state index contributed by atoms with van der Waals surface area (Å²) in [5, 5.41) is 14.2. The number of nitrogens with zero attached hydrogens (tertiary/aromatic N) is 4. The number of nitrogens with one attached hydrogen (secondary N) is 1. The zero-order valence-corrected chi connectivity index (χ0v) is 20.6. The first-order valence-corrected chi connectivity index (χ1v) is 12.7. The molecule has 2 heterocycles. The van der Waals surface area contributed by atoms with Gasteiger partial charge in [-0.1, -0.05) is 49.0 Å². The number of thioether (sulfide) groups is 1. The van der Waals surface area contributed by atoms with Gasteiger partial charge >= 0.3 is 0 Å². The van der Waals surface area contributed by atoms with E-state index in [2.05, 4.69) is 32.6 Å². The van der Waals surface area contributed by atoms with E-state index >= 15 is 0 Å². The molecule has 0 aliphatic carbocycles. The fourth-order valence-electron chi connectivity index (χ4n) is 3.48. The lowest BCUT2D eigenvalue weighted by Gasteiger charge is -2.18. The molecule has 0 bridgehead atoms. The second kappa shape index (κ2) is 11.2. The van der Waals surface area contributed by atoms with Crippen LogP contribution in [0.4, 0.5) is 11.1 Å².